The van der Waals surface area contributed by atoms with Gasteiger partial charge in [0.2, 0.25) is 10.0 Å². The lowest BCUT2D eigenvalue weighted by atomic mass is 9.95. The summed E-state index contributed by atoms with van der Waals surface area (Å²) in [6.45, 7) is 8.17. The van der Waals surface area contributed by atoms with Gasteiger partial charge in [-0.25, -0.2) is 8.42 Å². The Morgan fingerprint density at radius 3 is 2.13 bits per heavy atom. The molecule has 2 aliphatic rings. The molecule has 0 aromatic heterocycles. The van der Waals surface area contributed by atoms with Crippen LogP contribution in [0.3, 0.4) is 0 Å². The van der Waals surface area contributed by atoms with Gasteiger partial charge in [0.15, 0.2) is 0 Å². The van der Waals surface area contributed by atoms with E-state index in [4.69, 9.17) is 0 Å². The Morgan fingerprint density at radius 2 is 1.57 bits per heavy atom. The fourth-order valence-electron chi connectivity index (χ4n) is 3.90. The third-order valence-corrected chi connectivity index (χ3v) is 7.52. The maximum Gasteiger partial charge on any atom is 0.243 e. The number of hydrogen-bond donors (Lipinski definition) is 1. The van der Waals surface area contributed by atoms with E-state index >= 15 is 0 Å². The summed E-state index contributed by atoms with van der Waals surface area (Å²) in [7, 11) is -3.32. The van der Waals surface area contributed by atoms with Crippen molar-refractivity contribution < 1.29 is 13.3 Å². The number of benzene rings is 1. The summed E-state index contributed by atoms with van der Waals surface area (Å²) >= 11 is 0. The number of hydrogen-bond acceptors (Lipinski definition) is 2. The van der Waals surface area contributed by atoms with E-state index in [0.717, 1.165) is 24.3 Å². The molecule has 23 heavy (non-hydrogen) atoms. The fraction of sp³-hybridized carbons (Fsp3) is 0.667. The Balaban J connectivity index is 1.61. The number of likely N-dealkylation sites (tertiary alicyclic amines) is 1. The monoisotopic (exact) mass is 337 g/mol. The molecule has 0 aliphatic carbocycles. The first-order valence-electron chi connectivity index (χ1n) is 8.88. The van der Waals surface area contributed by atoms with Crippen LogP contribution in [0.2, 0.25) is 0 Å². The molecule has 0 unspecified atom stereocenters. The average molecular weight is 338 g/mol. The molecule has 128 valence electrons. The molecule has 1 aromatic rings. The number of aryl methyl sites for hydroxylation is 1. The SMILES string of the molecule is Cc1ccc(S(=O)(=O)N2CCC([NH+]3CCC(C)CC3)CC2)cc1. The molecule has 3 rings (SSSR count). The first-order chi connectivity index (χ1) is 11.0. The van der Waals surface area contributed by atoms with E-state index in [-0.39, 0.29) is 0 Å². The van der Waals surface area contributed by atoms with Crippen molar-refractivity contribution in [2.24, 2.45) is 5.92 Å². The number of quaternary nitrogens is 1. The molecule has 0 bridgehead atoms. The van der Waals surface area contributed by atoms with Gasteiger partial charge >= 0.3 is 0 Å². The minimum absolute atomic E-state index is 0.431. The predicted molar refractivity (Wildman–Crippen MR) is 92.1 cm³/mol. The van der Waals surface area contributed by atoms with Crippen LogP contribution in [0.15, 0.2) is 29.2 Å². The van der Waals surface area contributed by atoms with Gasteiger partial charge in [0.25, 0.3) is 0 Å². The molecule has 0 radical (unpaired) electrons. The van der Waals surface area contributed by atoms with E-state index < -0.39 is 10.0 Å². The van der Waals surface area contributed by atoms with Crippen molar-refractivity contribution in [1.82, 2.24) is 4.31 Å². The summed E-state index contributed by atoms with van der Waals surface area (Å²) in [6, 6.07) is 7.85. The summed E-state index contributed by atoms with van der Waals surface area (Å²) in [6.07, 6.45) is 4.62. The second kappa shape index (κ2) is 6.91. The molecule has 0 atom stereocenters. The van der Waals surface area contributed by atoms with Gasteiger partial charge in [0.1, 0.15) is 0 Å². The lowest BCUT2D eigenvalue weighted by Gasteiger charge is -2.38. The smallest absolute Gasteiger partial charge is 0.243 e. The maximum absolute atomic E-state index is 12.7. The Labute approximate surface area is 140 Å². The van der Waals surface area contributed by atoms with Gasteiger partial charge in [-0.15, -0.1) is 0 Å². The van der Waals surface area contributed by atoms with E-state index in [9.17, 15) is 8.42 Å². The molecule has 0 amide bonds. The Kier molecular flexibility index (Phi) is 5.09. The van der Waals surface area contributed by atoms with Crippen LogP contribution in [0, 0.1) is 12.8 Å². The second-order valence-corrected chi connectivity index (χ2v) is 9.27. The van der Waals surface area contributed by atoms with Crippen molar-refractivity contribution in [3.05, 3.63) is 29.8 Å². The number of nitrogens with one attached hydrogen (secondary N) is 1. The molecule has 4 nitrogen and oxygen atoms in total. The van der Waals surface area contributed by atoms with Gasteiger partial charge in [0.05, 0.1) is 24.0 Å². The predicted octanol–water partition coefficient (Wildman–Crippen LogP) is 1.46. The summed E-state index contributed by atoms with van der Waals surface area (Å²) in [4.78, 5) is 2.14. The quantitative estimate of drug-likeness (QED) is 0.907. The van der Waals surface area contributed by atoms with Crippen LogP contribution in [-0.2, 0) is 10.0 Å². The van der Waals surface area contributed by atoms with Crippen molar-refractivity contribution in [3.8, 4) is 0 Å². The average Bonchev–Trinajstić information content (AvgIpc) is 2.56. The van der Waals surface area contributed by atoms with Gasteiger partial charge in [-0.1, -0.05) is 24.6 Å². The van der Waals surface area contributed by atoms with Gasteiger partial charge in [0, 0.05) is 25.9 Å². The second-order valence-electron chi connectivity index (χ2n) is 7.33. The van der Waals surface area contributed by atoms with Crippen LogP contribution in [0.5, 0.6) is 0 Å². The maximum atomic E-state index is 12.7. The van der Waals surface area contributed by atoms with Gasteiger partial charge < -0.3 is 4.90 Å². The highest BCUT2D eigenvalue weighted by atomic mass is 32.2. The van der Waals surface area contributed by atoms with Crippen molar-refractivity contribution in [2.45, 2.75) is 50.5 Å². The fourth-order valence-corrected chi connectivity index (χ4v) is 5.37. The first-order valence-corrected chi connectivity index (χ1v) is 10.3. The van der Waals surface area contributed by atoms with Crippen molar-refractivity contribution in [3.63, 3.8) is 0 Å². The minimum Gasteiger partial charge on any atom is -0.332 e. The standard InChI is InChI=1S/C18H28N2O2S/c1-15-3-5-18(6-4-15)23(21,22)20-13-9-17(10-14-20)19-11-7-16(2)8-12-19/h3-6,16-17H,7-14H2,1-2H3/p+1. The van der Waals surface area contributed by atoms with Crippen LogP contribution in [0.1, 0.15) is 38.2 Å². The van der Waals surface area contributed by atoms with Crippen LogP contribution in [0.25, 0.3) is 0 Å². The van der Waals surface area contributed by atoms with E-state index in [1.807, 2.05) is 19.1 Å². The number of piperidine rings is 2. The normalized spacial score (nSPS) is 27.9. The molecule has 2 fully saturated rings. The lowest BCUT2D eigenvalue weighted by molar-refractivity contribution is -0.932. The molecule has 0 saturated carbocycles. The highest BCUT2D eigenvalue weighted by molar-refractivity contribution is 7.89. The Hall–Kier alpha value is -0.910. The van der Waals surface area contributed by atoms with Crippen LogP contribution in [0.4, 0.5) is 0 Å². The van der Waals surface area contributed by atoms with Crippen LogP contribution < -0.4 is 4.90 Å². The minimum atomic E-state index is -3.32. The van der Waals surface area contributed by atoms with Gasteiger partial charge in [-0.05, 0) is 37.8 Å². The Morgan fingerprint density at radius 1 is 1.00 bits per heavy atom. The van der Waals surface area contributed by atoms with E-state index in [1.54, 1.807) is 21.3 Å². The molecule has 1 N–H and O–H groups in total. The summed E-state index contributed by atoms with van der Waals surface area (Å²) in [5, 5.41) is 0. The molecule has 1 aromatic carbocycles. The number of sulfonamides is 1. The number of nitrogens with zero attached hydrogens (tertiary/aromatic N) is 1. The largest absolute Gasteiger partial charge is 0.332 e. The van der Waals surface area contributed by atoms with E-state index in [1.165, 1.54) is 25.9 Å². The molecular formula is C18H29N2O2S+. The highest BCUT2D eigenvalue weighted by Gasteiger charge is 2.34. The molecule has 5 heteroatoms. The topological polar surface area (TPSA) is 41.8 Å². The summed E-state index contributed by atoms with van der Waals surface area (Å²) in [5.41, 5.74) is 1.09. The third kappa shape index (κ3) is 3.78. The van der Waals surface area contributed by atoms with Gasteiger partial charge in [-0.2, -0.15) is 4.31 Å². The molecule has 2 heterocycles. The highest BCUT2D eigenvalue weighted by Crippen LogP contribution is 2.21. The van der Waals surface area contributed by atoms with Gasteiger partial charge in [-0.3, -0.25) is 0 Å². The van der Waals surface area contributed by atoms with E-state index in [0.29, 0.717) is 24.0 Å². The van der Waals surface area contributed by atoms with Crippen molar-refractivity contribution >= 4 is 10.0 Å². The zero-order valence-corrected chi connectivity index (χ0v) is 15.1. The first kappa shape index (κ1) is 16.9. The Bertz CT molecular complexity index is 611. The summed E-state index contributed by atoms with van der Waals surface area (Å²) < 4.78 is 27.2. The van der Waals surface area contributed by atoms with Crippen molar-refractivity contribution in [1.29, 1.82) is 0 Å². The molecular weight excluding hydrogens is 308 g/mol. The number of rotatable bonds is 3. The van der Waals surface area contributed by atoms with E-state index in [2.05, 4.69) is 6.92 Å². The van der Waals surface area contributed by atoms with Crippen molar-refractivity contribution in [2.75, 3.05) is 26.2 Å². The lowest BCUT2D eigenvalue weighted by Crippen LogP contribution is -3.17. The zero-order chi connectivity index (χ0) is 16.4. The zero-order valence-electron chi connectivity index (χ0n) is 14.3. The van der Waals surface area contributed by atoms with Crippen LogP contribution >= 0.6 is 0 Å². The molecule has 2 saturated heterocycles. The molecule has 2 aliphatic heterocycles. The molecule has 0 spiro atoms. The van der Waals surface area contributed by atoms with Crippen LogP contribution in [-0.4, -0.2) is 44.9 Å². The summed E-state index contributed by atoms with van der Waals surface area (Å²) in [5.74, 6) is 0.862. The third-order valence-electron chi connectivity index (χ3n) is 5.61.